The summed E-state index contributed by atoms with van der Waals surface area (Å²) in [6.45, 7) is 5.78. The fraction of sp³-hybridized carbons (Fsp3) is 0.292. The lowest BCUT2D eigenvalue weighted by molar-refractivity contribution is -0.116. The fourth-order valence-electron chi connectivity index (χ4n) is 3.84. The summed E-state index contributed by atoms with van der Waals surface area (Å²) in [4.78, 5) is 40.4. The number of halogens is 1. The summed E-state index contributed by atoms with van der Waals surface area (Å²) in [7, 11) is 0. The number of carbonyl (C=O) groups is 3. The normalized spacial score (nSPS) is 22.8. The van der Waals surface area contributed by atoms with E-state index in [2.05, 4.69) is 11.8 Å². The van der Waals surface area contributed by atoms with Crippen LogP contribution in [0.25, 0.3) is 0 Å². The number of ketones is 1. The summed E-state index contributed by atoms with van der Waals surface area (Å²) in [6.07, 6.45) is 0.359. The molecule has 29 heavy (non-hydrogen) atoms. The van der Waals surface area contributed by atoms with Gasteiger partial charge in [0, 0.05) is 10.4 Å². The van der Waals surface area contributed by atoms with Gasteiger partial charge < -0.3 is 0 Å². The summed E-state index contributed by atoms with van der Waals surface area (Å²) in [6, 6.07) is 13.2. The van der Waals surface area contributed by atoms with Crippen molar-refractivity contribution in [3.8, 4) is 11.8 Å². The third-order valence-electron chi connectivity index (χ3n) is 5.38. The maximum Gasteiger partial charge on any atom is 0.261 e. The van der Waals surface area contributed by atoms with Crippen molar-refractivity contribution in [2.45, 2.75) is 38.6 Å². The van der Waals surface area contributed by atoms with Gasteiger partial charge in [-0.25, -0.2) is 0 Å². The molecule has 4 nitrogen and oxygen atoms in total. The molecule has 4 rings (SSSR count). The van der Waals surface area contributed by atoms with Gasteiger partial charge in [-0.3, -0.25) is 19.3 Å². The Bertz CT molecular complexity index is 1070. The number of benzene rings is 2. The van der Waals surface area contributed by atoms with Crippen molar-refractivity contribution in [1.29, 1.82) is 0 Å². The molecule has 1 saturated carbocycles. The number of imide groups is 1. The van der Waals surface area contributed by atoms with Gasteiger partial charge in [-0.15, -0.1) is 0 Å². The Morgan fingerprint density at radius 2 is 1.59 bits per heavy atom. The zero-order chi connectivity index (χ0) is 21.0. The van der Waals surface area contributed by atoms with Crippen molar-refractivity contribution >= 4 is 29.2 Å². The van der Waals surface area contributed by atoms with Crippen molar-refractivity contribution in [1.82, 2.24) is 4.90 Å². The lowest BCUT2D eigenvalue weighted by atomic mass is 9.89. The Kier molecular flexibility index (Phi) is 4.40. The van der Waals surface area contributed by atoms with E-state index in [1.807, 2.05) is 20.8 Å². The van der Waals surface area contributed by atoms with Crippen LogP contribution in [-0.2, 0) is 10.2 Å². The first-order valence-corrected chi connectivity index (χ1v) is 9.83. The highest BCUT2D eigenvalue weighted by molar-refractivity contribution is 6.30. The van der Waals surface area contributed by atoms with Crippen LogP contribution in [0.4, 0.5) is 0 Å². The van der Waals surface area contributed by atoms with Crippen molar-refractivity contribution in [3.05, 3.63) is 70.2 Å². The van der Waals surface area contributed by atoms with Gasteiger partial charge in [-0.2, -0.15) is 0 Å². The van der Waals surface area contributed by atoms with Crippen LogP contribution >= 0.6 is 11.6 Å². The smallest absolute Gasteiger partial charge is 0.261 e. The molecule has 2 atom stereocenters. The Morgan fingerprint density at radius 1 is 1.03 bits per heavy atom. The second kappa shape index (κ2) is 6.57. The van der Waals surface area contributed by atoms with Crippen LogP contribution < -0.4 is 0 Å². The number of amides is 2. The van der Waals surface area contributed by atoms with Crippen molar-refractivity contribution in [2.24, 2.45) is 5.41 Å². The maximum atomic E-state index is 13.3. The third-order valence-corrected chi connectivity index (χ3v) is 5.63. The third kappa shape index (κ3) is 3.16. The first-order chi connectivity index (χ1) is 13.6. The second-order valence-electron chi connectivity index (χ2n) is 8.55. The molecule has 2 aromatic rings. The number of hydrogen-bond acceptors (Lipinski definition) is 3. The molecule has 0 radical (unpaired) electrons. The highest BCUT2D eigenvalue weighted by Gasteiger charge is 2.66. The zero-order valence-electron chi connectivity index (χ0n) is 16.5. The van der Waals surface area contributed by atoms with Crippen LogP contribution in [0.5, 0.6) is 0 Å². The number of carbonyl (C=O) groups excluding carboxylic acids is 3. The van der Waals surface area contributed by atoms with Gasteiger partial charge in [0.2, 0.25) is 5.78 Å². The minimum atomic E-state index is -1.02. The van der Waals surface area contributed by atoms with Crippen molar-refractivity contribution in [3.63, 3.8) is 0 Å². The SMILES string of the molecule is CC(C)(C)C#CC(=O)[C@@]1(c2ccc(Cl)cc2)C[C@@H]1N1C(=O)c2ccccc2C1=O. The molecule has 146 valence electrons. The molecule has 5 heteroatoms. The fourth-order valence-corrected chi connectivity index (χ4v) is 3.96. The molecule has 2 aliphatic rings. The number of rotatable bonds is 3. The lowest BCUT2D eigenvalue weighted by Crippen LogP contribution is -2.39. The van der Waals surface area contributed by atoms with E-state index in [0.717, 1.165) is 5.56 Å². The average Bonchev–Trinajstić information content (AvgIpc) is 3.36. The standard InChI is InChI=1S/C24H20ClNO3/c1-23(2,3)13-12-20(27)24(15-8-10-16(25)11-9-15)14-19(24)26-21(28)17-6-4-5-7-18(17)22(26)29/h4-11,19H,14H2,1-3H3/t19-,24+/m0/s1. The number of nitrogens with zero attached hydrogens (tertiary/aromatic N) is 1. The Hall–Kier alpha value is -2.90. The molecule has 0 bridgehead atoms. The molecule has 2 aromatic carbocycles. The highest BCUT2D eigenvalue weighted by atomic mass is 35.5. The summed E-state index contributed by atoms with van der Waals surface area (Å²) in [5.41, 5.74) is 0.120. The van der Waals surface area contributed by atoms with Crippen LogP contribution in [0.1, 0.15) is 53.5 Å². The van der Waals surface area contributed by atoms with Crippen LogP contribution in [0.2, 0.25) is 5.02 Å². The first kappa shape index (κ1) is 19.4. The summed E-state index contributed by atoms with van der Waals surface area (Å²) >= 11 is 6.02. The molecule has 0 aromatic heterocycles. The summed E-state index contributed by atoms with van der Waals surface area (Å²) < 4.78 is 0. The summed E-state index contributed by atoms with van der Waals surface area (Å²) in [5, 5.41) is 0.551. The van der Waals surface area contributed by atoms with Crippen LogP contribution in [0.3, 0.4) is 0 Å². The van der Waals surface area contributed by atoms with E-state index in [1.165, 1.54) is 4.90 Å². The molecule has 0 spiro atoms. The predicted octanol–water partition coefficient (Wildman–Crippen LogP) is 4.26. The quantitative estimate of drug-likeness (QED) is 0.435. The molecule has 0 N–H and O–H groups in total. The van der Waals surface area contributed by atoms with Gasteiger partial charge in [0.05, 0.1) is 22.6 Å². The minimum absolute atomic E-state index is 0.281. The molecular formula is C24H20ClNO3. The topological polar surface area (TPSA) is 54.5 Å². The molecule has 1 fully saturated rings. The predicted molar refractivity (Wildman–Crippen MR) is 111 cm³/mol. The molecule has 1 aliphatic heterocycles. The molecule has 0 saturated heterocycles. The van der Waals surface area contributed by atoms with E-state index in [1.54, 1.807) is 48.5 Å². The van der Waals surface area contributed by atoms with Crippen molar-refractivity contribution < 1.29 is 14.4 Å². The molecular weight excluding hydrogens is 386 g/mol. The largest absolute Gasteiger partial charge is 0.284 e. The molecule has 2 amide bonds. The van der Waals surface area contributed by atoms with E-state index in [0.29, 0.717) is 22.6 Å². The average molecular weight is 406 g/mol. The van der Waals surface area contributed by atoms with Gasteiger partial charge in [0.15, 0.2) is 0 Å². The van der Waals surface area contributed by atoms with Crippen LogP contribution in [0, 0.1) is 17.3 Å². The number of hydrogen-bond donors (Lipinski definition) is 0. The summed E-state index contributed by atoms with van der Waals surface area (Å²) in [5.74, 6) is 4.76. The highest BCUT2D eigenvalue weighted by Crippen LogP contribution is 2.54. The molecule has 1 aliphatic carbocycles. The van der Waals surface area contributed by atoms with Gasteiger partial charge in [-0.1, -0.05) is 41.8 Å². The van der Waals surface area contributed by atoms with Gasteiger partial charge >= 0.3 is 0 Å². The van der Waals surface area contributed by atoms with E-state index >= 15 is 0 Å². The minimum Gasteiger partial charge on any atom is -0.284 e. The van der Waals surface area contributed by atoms with E-state index in [-0.39, 0.29) is 23.0 Å². The van der Waals surface area contributed by atoms with Crippen LogP contribution in [-0.4, -0.2) is 28.5 Å². The van der Waals surface area contributed by atoms with E-state index < -0.39 is 11.5 Å². The molecule has 1 heterocycles. The zero-order valence-corrected chi connectivity index (χ0v) is 17.2. The van der Waals surface area contributed by atoms with Crippen molar-refractivity contribution in [2.75, 3.05) is 0 Å². The van der Waals surface area contributed by atoms with E-state index in [9.17, 15) is 14.4 Å². The van der Waals surface area contributed by atoms with Crippen LogP contribution in [0.15, 0.2) is 48.5 Å². The monoisotopic (exact) mass is 405 g/mol. The second-order valence-corrected chi connectivity index (χ2v) is 8.99. The Balaban J connectivity index is 1.76. The lowest BCUT2D eigenvalue weighted by Gasteiger charge is -2.20. The molecule has 0 unspecified atom stereocenters. The van der Waals surface area contributed by atoms with Gasteiger partial charge in [0.1, 0.15) is 0 Å². The van der Waals surface area contributed by atoms with E-state index in [4.69, 9.17) is 11.6 Å². The number of fused-ring (bicyclic) bond motifs is 1. The number of Topliss-reactive ketones (excluding diaryl/α,β-unsaturated/α-hetero) is 1. The first-order valence-electron chi connectivity index (χ1n) is 9.46. The van der Waals surface area contributed by atoms with Gasteiger partial charge in [-0.05, 0) is 62.9 Å². The Morgan fingerprint density at radius 3 is 2.10 bits per heavy atom. The maximum absolute atomic E-state index is 13.3. The Labute approximate surface area is 174 Å². The van der Waals surface area contributed by atoms with Gasteiger partial charge in [0.25, 0.3) is 11.8 Å².